The van der Waals surface area contributed by atoms with Gasteiger partial charge in [-0.1, -0.05) is 36.4 Å². The SMILES string of the molecule is CCOC(=O)/C=C/CC[C@]12CCCC(=O)[C@H]1Sc1ccc3ccccc3c12. The minimum atomic E-state index is -0.294. The second-order valence-electron chi connectivity index (χ2n) is 7.33. The van der Waals surface area contributed by atoms with Crippen LogP contribution in [-0.2, 0) is 19.7 Å². The predicted molar refractivity (Wildman–Crippen MR) is 109 cm³/mol. The number of benzene rings is 2. The normalized spacial score (nSPS) is 24.2. The van der Waals surface area contributed by atoms with Crippen LogP contribution in [0, 0.1) is 0 Å². The van der Waals surface area contributed by atoms with Gasteiger partial charge in [-0.05, 0) is 55.0 Å². The first kappa shape index (κ1) is 18.3. The summed E-state index contributed by atoms with van der Waals surface area (Å²) in [5.41, 5.74) is 1.23. The average molecular weight is 381 g/mol. The van der Waals surface area contributed by atoms with Gasteiger partial charge in [0.15, 0.2) is 0 Å². The van der Waals surface area contributed by atoms with Crippen molar-refractivity contribution in [1.82, 2.24) is 0 Å². The standard InChI is InChI=1S/C23H24O3S/c1-2-26-20(25)11-5-6-14-23-15-7-10-18(24)22(23)27-19-13-12-16-8-3-4-9-17(16)21(19)23/h3-5,8-9,11-13,22H,2,6-7,10,14-15H2,1H3/b11-5+/t22-,23-/m1/s1. The molecule has 0 amide bonds. The van der Waals surface area contributed by atoms with Crippen molar-refractivity contribution >= 4 is 34.3 Å². The van der Waals surface area contributed by atoms with Crippen LogP contribution in [-0.4, -0.2) is 23.6 Å². The van der Waals surface area contributed by atoms with Gasteiger partial charge in [0.25, 0.3) is 0 Å². The number of allylic oxidation sites excluding steroid dienone is 1. The topological polar surface area (TPSA) is 43.4 Å². The molecule has 2 aliphatic rings. The molecule has 0 radical (unpaired) electrons. The van der Waals surface area contributed by atoms with Crippen molar-refractivity contribution in [2.45, 2.75) is 54.6 Å². The van der Waals surface area contributed by atoms with E-state index in [1.807, 2.05) is 6.08 Å². The van der Waals surface area contributed by atoms with Gasteiger partial charge in [0.1, 0.15) is 5.78 Å². The van der Waals surface area contributed by atoms with Crippen LogP contribution in [0.2, 0.25) is 0 Å². The van der Waals surface area contributed by atoms with E-state index in [2.05, 4.69) is 36.4 Å². The highest BCUT2D eigenvalue weighted by Gasteiger charge is 2.52. The molecule has 3 nitrogen and oxygen atoms in total. The van der Waals surface area contributed by atoms with Crippen LogP contribution in [0.3, 0.4) is 0 Å². The van der Waals surface area contributed by atoms with E-state index in [1.54, 1.807) is 18.7 Å². The highest BCUT2D eigenvalue weighted by Crippen LogP contribution is 2.58. The fourth-order valence-electron chi connectivity index (χ4n) is 4.67. The first-order chi connectivity index (χ1) is 13.2. The smallest absolute Gasteiger partial charge is 0.330 e. The predicted octanol–water partition coefficient (Wildman–Crippen LogP) is 5.20. The van der Waals surface area contributed by atoms with Crippen molar-refractivity contribution in [2.75, 3.05) is 6.61 Å². The Morgan fingerprint density at radius 1 is 1.30 bits per heavy atom. The molecule has 2 aromatic carbocycles. The Bertz CT molecular complexity index is 917. The van der Waals surface area contributed by atoms with Crippen LogP contribution in [0.1, 0.15) is 44.6 Å². The summed E-state index contributed by atoms with van der Waals surface area (Å²) in [6, 6.07) is 12.8. The molecular weight excluding hydrogens is 356 g/mol. The van der Waals surface area contributed by atoms with E-state index in [4.69, 9.17) is 4.74 Å². The zero-order valence-corrected chi connectivity index (χ0v) is 16.4. The van der Waals surface area contributed by atoms with Crippen LogP contribution in [0.15, 0.2) is 53.4 Å². The van der Waals surface area contributed by atoms with E-state index in [-0.39, 0.29) is 16.6 Å². The maximum atomic E-state index is 12.8. The molecule has 0 unspecified atom stereocenters. The number of Topliss-reactive ketones (excluding diaryl/α,β-unsaturated/α-hetero) is 1. The summed E-state index contributed by atoms with van der Waals surface area (Å²) in [5, 5.41) is 2.51. The molecule has 1 aliphatic heterocycles. The molecule has 1 aliphatic carbocycles. The lowest BCUT2D eigenvalue weighted by Crippen LogP contribution is -2.42. The van der Waals surface area contributed by atoms with Gasteiger partial charge in [0.2, 0.25) is 0 Å². The van der Waals surface area contributed by atoms with Gasteiger partial charge in [0.05, 0.1) is 11.9 Å². The number of carbonyl (C=O) groups excluding carboxylic acids is 2. The Kier molecular flexibility index (Phi) is 5.09. The molecule has 1 fully saturated rings. The van der Waals surface area contributed by atoms with E-state index in [9.17, 15) is 9.59 Å². The Morgan fingerprint density at radius 3 is 3.00 bits per heavy atom. The van der Waals surface area contributed by atoms with Crippen molar-refractivity contribution in [1.29, 1.82) is 0 Å². The second kappa shape index (κ2) is 7.51. The fraction of sp³-hybridized carbons (Fsp3) is 0.391. The molecule has 27 heavy (non-hydrogen) atoms. The highest BCUT2D eigenvalue weighted by molar-refractivity contribution is 8.01. The fourth-order valence-corrected chi connectivity index (χ4v) is 6.33. The molecule has 2 aromatic rings. The number of thioether (sulfide) groups is 1. The molecule has 0 N–H and O–H groups in total. The largest absolute Gasteiger partial charge is 0.463 e. The van der Waals surface area contributed by atoms with Gasteiger partial charge in [-0.3, -0.25) is 4.79 Å². The summed E-state index contributed by atoms with van der Waals surface area (Å²) >= 11 is 1.75. The zero-order valence-electron chi connectivity index (χ0n) is 15.6. The summed E-state index contributed by atoms with van der Waals surface area (Å²) in [4.78, 5) is 25.6. The molecular formula is C23H24O3S. The third kappa shape index (κ3) is 3.20. The summed E-state index contributed by atoms with van der Waals surface area (Å²) in [6.07, 6.45) is 7.73. The van der Waals surface area contributed by atoms with E-state index in [0.717, 1.165) is 25.7 Å². The minimum Gasteiger partial charge on any atom is -0.463 e. The Balaban J connectivity index is 1.71. The number of fused-ring (bicyclic) bond motifs is 5. The lowest BCUT2D eigenvalue weighted by molar-refractivity contribution is -0.137. The van der Waals surface area contributed by atoms with E-state index < -0.39 is 0 Å². The van der Waals surface area contributed by atoms with Gasteiger partial charge >= 0.3 is 5.97 Å². The maximum absolute atomic E-state index is 12.8. The Hall–Kier alpha value is -2.07. The number of ketones is 1. The quantitative estimate of drug-likeness (QED) is 0.528. The van der Waals surface area contributed by atoms with Crippen LogP contribution in [0.25, 0.3) is 10.8 Å². The average Bonchev–Trinajstić information content (AvgIpc) is 3.02. The van der Waals surface area contributed by atoms with Crippen LogP contribution >= 0.6 is 11.8 Å². The number of hydrogen-bond donors (Lipinski definition) is 0. The highest BCUT2D eigenvalue weighted by atomic mass is 32.2. The maximum Gasteiger partial charge on any atom is 0.330 e. The molecule has 0 spiro atoms. The Labute approximate surface area is 164 Å². The van der Waals surface area contributed by atoms with Gasteiger partial charge in [-0.2, -0.15) is 0 Å². The molecule has 1 heterocycles. The number of rotatable bonds is 5. The summed E-state index contributed by atoms with van der Waals surface area (Å²) in [6.45, 7) is 2.19. The molecule has 4 rings (SSSR count). The van der Waals surface area contributed by atoms with Gasteiger partial charge in [-0.15, -0.1) is 11.8 Å². The molecule has 0 bridgehead atoms. The Morgan fingerprint density at radius 2 is 2.15 bits per heavy atom. The number of carbonyl (C=O) groups is 2. The van der Waals surface area contributed by atoms with Crippen LogP contribution < -0.4 is 0 Å². The first-order valence-corrected chi connectivity index (χ1v) is 10.6. The summed E-state index contributed by atoms with van der Waals surface area (Å²) in [7, 11) is 0. The molecule has 2 atom stereocenters. The van der Waals surface area contributed by atoms with Crippen molar-refractivity contribution in [3.05, 3.63) is 54.1 Å². The van der Waals surface area contributed by atoms with Gasteiger partial charge in [-0.25, -0.2) is 4.79 Å². The first-order valence-electron chi connectivity index (χ1n) is 9.70. The van der Waals surface area contributed by atoms with E-state index >= 15 is 0 Å². The van der Waals surface area contributed by atoms with Crippen molar-refractivity contribution in [2.24, 2.45) is 0 Å². The van der Waals surface area contributed by atoms with Crippen molar-refractivity contribution in [3.8, 4) is 0 Å². The monoisotopic (exact) mass is 380 g/mol. The number of esters is 1. The number of ether oxygens (including phenoxy) is 1. The summed E-state index contributed by atoms with van der Waals surface area (Å²) in [5.74, 6) is 0.0822. The molecule has 0 saturated heterocycles. The zero-order chi connectivity index (χ0) is 18.9. The van der Waals surface area contributed by atoms with E-state index in [0.29, 0.717) is 18.8 Å². The summed E-state index contributed by atoms with van der Waals surface area (Å²) < 4.78 is 4.97. The van der Waals surface area contributed by atoms with E-state index in [1.165, 1.54) is 27.3 Å². The lowest BCUT2D eigenvalue weighted by atomic mass is 9.65. The van der Waals surface area contributed by atoms with Crippen LogP contribution in [0.4, 0.5) is 0 Å². The molecule has 4 heteroatoms. The third-order valence-electron chi connectivity index (χ3n) is 5.77. The van der Waals surface area contributed by atoms with Gasteiger partial charge < -0.3 is 4.74 Å². The van der Waals surface area contributed by atoms with Crippen molar-refractivity contribution in [3.63, 3.8) is 0 Å². The number of hydrogen-bond acceptors (Lipinski definition) is 4. The molecule has 1 saturated carbocycles. The van der Waals surface area contributed by atoms with Gasteiger partial charge in [0, 0.05) is 22.8 Å². The minimum absolute atomic E-state index is 0.00282. The lowest BCUT2D eigenvalue weighted by Gasteiger charge is -2.39. The molecule has 140 valence electrons. The van der Waals surface area contributed by atoms with Crippen molar-refractivity contribution < 1.29 is 14.3 Å². The third-order valence-corrected chi connectivity index (χ3v) is 7.32. The van der Waals surface area contributed by atoms with Crippen LogP contribution in [0.5, 0.6) is 0 Å². The molecule has 0 aromatic heterocycles. The second-order valence-corrected chi connectivity index (χ2v) is 8.47.